The van der Waals surface area contributed by atoms with Crippen LogP contribution in [0.15, 0.2) is 18.6 Å². The van der Waals surface area contributed by atoms with Gasteiger partial charge in [-0.1, -0.05) is 5.21 Å². The fourth-order valence-electron chi connectivity index (χ4n) is 4.08. The Hall–Kier alpha value is -4.11. The van der Waals surface area contributed by atoms with Crippen molar-refractivity contribution in [3.05, 3.63) is 35.7 Å². The minimum Gasteiger partial charge on any atom is -0.309 e. The molecule has 0 aromatic carbocycles. The summed E-state index contributed by atoms with van der Waals surface area (Å²) in [6.45, 7) is 5.49. The van der Waals surface area contributed by atoms with Crippen LogP contribution in [0.5, 0.6) is 0 Å². The SMILES string of the molecule is CC(C)n1cc(C2(C)C(=O)Nc3nc(-c4nc(CCC(F)(F)C(F)(F)F)nc5c4cnn5C)ncc32)nn1. The number of aryl methyl sites for hydroxylation is 2. The number of anilines is 1. The zero-order chi connectivity index (χ0) is 27.6. The summed E-state index contributed by atoms with van der Waals surface area (Å²) < 4.78 is 68.0. The average Bonchev–Trinajstić information content (AvgIpc) is 3.54. The first kappa shape index (κ1) is 25.5. The van der Waals surface area contributed by atoms with Crippen LogP contribution in [-0.2, 0) is 23.7 Å². The van der Waals surface area contributed by atoms with E-state index in [9.17, 15) is 26.7 Å². The van der Waals surface area contributed by atoms with E-state index in [-0.39, 0.29) is 34.8 Å². The first-order chi connectivity index (χ1) is 17.7. The molecule has 11 nitrogen and oxygen atoms in total. The van der Waals surface area contributed by atoms with Crippen LogP contribution in [0.4, 0.5) is 27.8 Å². The van der Waals surface area contributed by atoms with Gasteiger partial charge in [0.05, 0.1) is 17.8 Å². The third-order valence-corrected chi connectivity index (χ3v) is 6.49. The Morgan fingerprint density at radius 2 is 1.84 bits per heavy atom. The van der Waals surface area contributed by atoms with Gasteiger partial charge in [0.1, 0.15) is 28.4 Å². The molecule has 5 heterocycles. The standard InChI is InChI=1S/C22H21F5N10O/c1-10(2)37-9-13(34-35-37)20(3)12-8-28-17(32-16(12)33-19(20)38)15-11-7-29-36(4)18(11)31-14(30-15)5-6-21(23,24)22(25,26)27/h7-10H,5-6H2,1-4H3,(H,28,32,33,38). The minimum atomic E-state index is -5.69. The maximum absolute atomic E-state index is 13.5. The Morgan fingerprint density at radius 1 is 1.11 bits per heavy atom. The zero-order valence-corrected chi connectivity index (χ0v) is 20.5. The van der Waals surface area contributed by atoms with Gasteiger partial charge in [0, 0.05) is 37.7 Å². The molecule has 0 fully saturated rings. The largest absolute Gasteiger partial charge is 0.453 e. The van der Waals surface area contributed by atoms with E-state index in [4.69, 9.17) is 0 Å². The van der Waals surface area contributed by atoms with Gasteiger partial charge in [-0.15, -0.1) is 5.10 Å². The molecule has 4 aromatic heterocycles. The highest BCUT2D eigenvalue weighted by atomic mass is 19.4. The van der Waals surface area contributed by atoms with Crippen LogP contribution in [0.25, 0.3) is 22.6 Å². The number of aromatic nitrogens is 9. The molecule has 1 N–H and O–H groups in total. The normalized spacial score (nSPS) is 17.9. The number of nitrogens with one attached hydrogen (secondary N) is 1. The van der Waals surface area contributed by atoms with E-state index in [2.05, 4.69) is 40.7 Å². The highest BCUT2D eigenvalue weighted by Crippen LogP contribution is 2.42. The fourth-order valence-corrected chi connectivity index (χ4v) is 4.08. The summed E-state index contributed by atoms with van der Waals surface area (Å²) in [5.41, 5.74) is -0.134. The lowest BCUT2D eigenvalue weighted by Crippen LogP contribution is -2.36. The number of carbonyl (C=O) groups excluding carboxylic acids is 1. The molecule has 1 amide bonds. The van der Waals surface area contributed by atoms with Crippen molar-refractivity contribution < 1.29 is 26.7 Å². The maximum Gasteiger partial charge on any atom is 0.453 e. The van der Waals surface area contributed by atoms with Gasteiger partial charge >= 0.3 is 12.1 Å². The lowest BCUT2D eigenvalue weighted by molar-refractivity contribution is -0.284. The van der Waals surface area contributed by atoms with E-state index in [1.54, 1.807) is 17.8 Å². The number of hydrogen-bond donors (Lipinski definition) is 1. The summed E-state index contributed by atoms with van der Waals surface area (Å²) in [5.74, 6) is -5.39. The third kappa shape index (κ3) is 3.94. The molecule has 38 heavy (non-hydrogen) atoms. The summed E-state index contributed by atoms with van der Waals surface area (Å²) >= 11 is 0. The van der Waals surface area contributed by atoms with Crippen molar-refractivity contribution in [2.75, 3.05) is 5.32 Å². The molecule has 0 aliphatic carbocycles. The molecule has 1 aliphatic rings. The van der Waals surface area contributed by atoms with Crippen molar-refractivity contribution in [2.24, 2.45) is 7.05 Å². The number of amides is 1. The van der Waals surface area contributed by atoms with E-state index in [1.165, 1.54) is 24.1 Å². The van der Waals surface area contributed by atoms with E-state index in [0.717, 1.165) is 0 Å². The van der Waals surface area contributed by atoms with Gasteiger partial charge in [-0.05, 0) is 20.8 Å². The van der Waals surface area contributed by atoms with Gasteiger partial charge in [-0.25, -0.2) is 24.6 Å². The average molecular weight is 536 g/mol. The topological polar surface area (TPSA) is 129 Å². The number of alkyl halides is 5. The predicted octanol–water partition coefficient (Wildman–Crippen LogP) is 3.38. The van der Waals surface area contributed by atoms with Gasteiger partial charge in [0.15, 0.2) is 11.5 Å². The molecule has 0 spiro atoms. The van der Waals surface area contributed by atoms with E-state index < -0.39 is 36.3 Å². The molecule has 1 atom stereocenters. The molecule has 0 bridgehead atoms. The number of halogens is 5. The molecule has 0 saturated heterocycles. The predicted molar refractivity (Wildman–Crippen MR) is 122 cm³/mol. The van der Waals surface area contributed by atoms with Crippen LogP contribution in [0.1, 0.15) is 50.3 Å². The van der Waals surface area contributed by atoms with Crippen molar-refractivity contribution in [2.45, 2.75) is 57.2 Å². The van der Waals surface area contributed by atoms with E-state index in [0.29, 0.717) is 16.6 Å². The number of nitrogens with zero attached hydrogens (tertiary/aromatic N) is 9. The molecule has 0 saturated carbocycles. The zero-order valence-electron chi connectivity index (χ0n) is 20.5. The Balaban J connectivity index is 1.55. The van der Waals surface area contributed by atoms with Crippen LogP contribution >= 0.6 is 0 Å². The molecule has 200 valence electrons. The van der Waals surface area contributed by atoms with Crippen LogP contribution in [0.3, 0.4) is 0 Å². The molecule has 5 rings (SSSR count). The third-order valence-electron chi connectivity index (χ3n) is 6.49. The molecule has 16 heteroatoms. The molecule has 4 aromatic rings. The monoisotopic (exact) mass is 536 g/mol. The van der Waals surface area contributed by atoms with Crippen molar-refractivity contribution in [3.8, 4) is 11.5 Å². The van der Waals surface area contributed by atoms with Crippen molar-refractivity contribution in [3.63, 3.8) is 0 Å². The quantitative estimate of drug-likeness (QED) is 0.372. The van der Waals surface area contributed by atoms with Crippen LogP contribution in [-0.4, -0.2) is 62.7 Å². The molecular formula is C22H21F5N10O. The lowest BCUT2D eigenvalue weighted by atomic mass is 9.82. The second kappa shape index (κ2) is 8.46. The van der Waals surface area contributed by atoms with Crippen LogP contribution in [0.2, 0.25) is 0 Å². The van der Waals surface area contributed by atoms with E-state index >= 15 is 0 Å². The maximum atomic E-state index is 13.5. The highest BCUT2D eigenvalue weighted by molar-refractivity contribution is 6.07. The van der Waals surface area contributed by atoms with Crippen LogP contribution in [0, 0.1) is 0 Å². The number of hydrogen-bond acceptors (Lipinski definition) is 8. The van der Waals surface area contributed by atoms with Crippen LogP contribution < -0.4 is 5.32 Å². The van der Waals surface area contributed by atoms with Crippen molar-refractivity contribution in [1.82, 2.24) is 44.7 Å². The number of rotatable bonds is 6. The summed E-state index contributed by atoms with van der Waals surface area (Å²) in [4.78, 5) is 30.2. The highest BCUT2D eigenvalue weighted by Gasteiger charge is 2.56. The smallest absolute Gasteiger partial charge is 0.309 e. The molecule has 1 unspecified atom stereocenters. The number of fused-ring (bicyclic) bond motifs is 2. The van der Waals surface area contributed by atoms with Gasteiger partial charge in [0.2, 0.25) is 5.91 Å². The summed E-state index contributed by atoms with van der Waals surface area (Å²) in [5, 5.41) is 15.4. The van der Waals surface area contributed by atoms with Crippen molar-refractivity contribution >= 4 is 22.8 Å². The fraction of sp³-hybridized carbons (Fsp3) is 0.455. The minimum absolute atomic E-state index is 0.00312. The Kier molecular flexibility index (Phi) is 5.68. The van der Waals surface area contributed by atoms with Crippen molar-refractivity contribution in [1.29, 1.82) is 0 Å². The second-order valence-electron chi connectivity index (χ2n) is 9.41. The van der Waals surface area contributed by atoms with Gasteiger partial charge in [-0.2, -0.15) is 27.1 Å². The van der Waals surface area contributed by atoms with E-state index in [1.807, 2.05) is 13.8 Å². The number of carbonyl (C=O) groups is 1. The van der Waals surface area contributed by atoms with Gasteiger partial charge in [0.25, 0.3) is 0 Å². The summed E-state index contributed by atoms with van der Waals surface area (Å²) in [7, 11) is 1.53. The second-order valence-corrected chi connectivity index (χ2v) is 9.41. The molecular weight excluding hydrogens is 515 g/mol. The Morgan fingerprint density at radius 3 is 2.50 bits per heavy atom. The summed E-state index contributed by atoms with van der Waals surface area (Å²) in [6.07, 6.45) is -3.49. The Bertz CT molecular complexity index is 1560. The first-order valence-electron chi connectivity index (χ1n) is 11.5. The lowest BCUT2D eigenvalue weighted by Gasteiger charge is -2.19. The van der Waals surface area contributed by atoms with Gasteiger partial charge in [-0.3, -0.25) is 9.48 Å². The van der Waals surface area contributed by atoms with Gasteiger partial charge < -0.3 is 5.32 Å². The summed E-state index contributed by atoms with van der Waals surface area (Å²) in [6, 6.07) is 0.0207. The molecule has 0 radical (unpaired) electrons. The Labute approximate surface area is 211 Å². The molecule has 1 aliphatic heterocycles. The first-order valence-corrected chi connectivity index (χ1v) is 11.5.